The molecular formula is C52H33N. The van der Waals surface area contributed by atoms with Gasteiger partial charge in [-0.15, -0.1) is 0 Å². The summed E-state index contributed by atoms with van der Waals surface area (Å²) < 4.78 is 0. The number of hydrogen-bond acceptors (Lipinski definition) is 1. The van der Waals surface area contributed by atoms with Crippen LogP contribution in [0.25, 0.3) is 87.6 Å². The SMILES string of the molecule is c1ccc(-c2ccc(N(c3ccc(-c4ccc5c(ccc6ccccc65)c4)cc3)c3c4c(cc5ccccc35)-c3cc5ccccc5cc3-4)cc2)cc1. The van der Waals surface area contributed by atoms with Crippen molar-refractivity contribution in [2.24, 2.45) is 0 Å². The first kappa shape index (κ1) is 29.7. The van der Waals surface area contributed by atoms with Gasteiger partial charge < -0.3 is 4.90 Å². The van der Waals surface area contributed by atoms with Crippen LogP contribution in [-0.4, -0.2) is 0 Å². The number of hydrogen-bond donors (Lipinski definition) is 0. The highest BCUT2D eigenvalue weighted by molar-refractivity contribution is 6.20. The molecule has 0 radical (unpaired) electrons. The molecule has 53 heavy (non-hydrogen) atoms. The van der Waals surface area contributed by atoms with Gasteiger partial charge in [0.25, 0.3) is 0 Å². The molecule has 0 unspecified atom stereocenters. The van der Waals surface area contributed by atoms with E-state index in [0.717, 1.165) is 11.4 Å². The third kappa shape index (κ3) is 4.79. The zero-order valence-electron chi connectivity index (χ0n) is 29.0. The summed E-state index contributed by atoms with van der Waals surface area (Å²) in [5.41, 5.74) is 13.6. The molecule has 0 aromatic heterocycles. The second kappa shape index (κ2) is 11.8. The van der Waals surface area contributed by atoms with Gasteiger partial charge in [0.05, 0.1) is 5.69 Å². The zero-order valence-corrected chi connectivity index (χ0v) is 29.0. The van der Waals surface area contributed by atoms with Crippen LogP contribution < -0.4 is 4.90 Å². The maximum Gasteiger partial charge on any atom is 0.0624 e. The minimum atomic E-state index is 1.13. The van der Waals surface area contributed by atoms with Crippen molar-refractivity contribution in [3.8, 4) is 44.5 Å². The standard InChI is InChI=1S/C52H33N/c1-2-10-34(11-3-1)35-20-25-43(26-21-35)53(44-27-22-36(23-28-44)40-24-29-46-42(30-40)19-18-37-12-6-8-16-45(37)46)52-47-17-9-7-15-41(47)33-50-48-31-38-13-4-5-14-39(38)32-49(48)51(50)52/h1-33H. The van der Waals surface area contributed by atoms with Crippen molar-refractivity contribution in [3.05, 3.63) is 200 Å². The topological polar surface area (TPSA) is 3.24 Å². The first-order valence-corrected chi connectivity index (χ1v) is 18.3. The second-order valence-corrected chi connectivity index (χ2v) is 14.1. The first-order chi connectivity index (χ1) is 26.3. The van der Waals surface area contributed by atoms with Crippen molar-refractivity contribution in [2.75, 3.05) is 4.90 Å². The van der Waals surface area contributed by atoms with Gasteiger partial charge >= 0.3 is 0 Å². The third-order valence-electron chi connectivity index (χ3n) is 11.1. The van der Waals surface area contributed by atoms with Crippen LogP contribution in [0.3, 0.4) is 0 Å². The molecule has 0 N–H and O–H groups in total. The highest BCUT2D eigenvalue weighted by Gasteiger charge is 2.31. The van der Waals surface area contributed by atoms with E-state index in [1.54, 1.807) is 0 Å². The van der Waals surface area contributed by atoms with Crippen LogP contribution >= 0.6 is 0 Å². The van der Waals surface area contributed by atoms with Crippen LogP contribution in [0.2, 0.25) is 0 Å². The molecule has 10 aromatic carbocycles. The van der Waals surface area contributed by atoms with E-state index in [9.17, 15) is 0 Å². The minimum Gasteiger partial charge on any atom is -0.309 e. The number of fused-ring (bicyclic) bond motifs is 9. The first-order valence-electron chi connectivity index (χ1n) is 18.3. The van der Waals surface area contributed by atoms with Gasteiger partial charge in [0.2, 0.25) is 0 Å². The molecule has 0 amide bonds. The molecule has 0 bridgehead atoms. The van der Waals surface area contributed by atoms with E-state index < -0.39 is 0 Å². The molecular weight excluding hydrogens is 639 g/mol. The van der Waals surface area contributed by atoms with Gasteiger partial charge in [0, 0.05) is 22.3 Å². The van der Waals surface area contributed by atoms with Gasteiger partial charge in [-0.3, -0.25) is 0 Å². The molecule has 1 aliphatic rings. The van der Waals surface area contributed by atoms with E-state index in [4.69, 9.17) is 0 Å². The molecule has 0 saturated carbocycles. The Morgan fingerprint density at radius 3 is 1.45 bits per heavy atom. The van der Waals surface area contributed by atoms with Gasteiger partial charge in [-0.2, -0.15) is 0 Å². The second-order valence-electron chi connectivity index (χ2n) is 14.1. The van der Waals surface area contributed by atoms with E-state index in [-0.39, 0.29) is 0 Å². The van der Waals surface area contributed by atoms with Gasteiger partial charge in [0.1, 0.15) is 0 Å². The number of benzene rings is 10. The average molecular weight is 672 g/mol. The van der Waals surface area contributed by atoms with Crippen LogP contribution in [0.1, 0.15) is 0 Å². The zero-order chi connectivity index (χ0) is 34.9. The van der Waals surface area contributed by atoms with Crippen molar-refractivity contribution in [1.29, 1.82) is 0 Å². The Hall–Kier alpha value is -6.96. The summed E-state index contributed by atoms with van der Waals surface area (Å²) >= 11 is 0. The van der Waals surface area contributed by atoms with Gasteiger partial charge in [-0.25, -0.2) is 0 Å². The van der Waals surface area contributed by atoms with Gasteiger partial charge in [-0.1, -0.05) is 152 Å². The van der Waals surface area contributed by atoms with Crippen LogP contribution in [0.5, 0.6) is 0 Å². The molecule has 0 saturated heterocycles. The van der Waals surface area contributed by atoms with Crippen molar-refractivity contribution < 1.29 is 0 Å². The summed E-state index contributed by atoms with van der Waals surface area (Å²) in [7, 11) is 0. The summed E-state index contributed by atoms with van der Waals surface area (Å²) in [5.74, 6) is 0. The van der Waals surface area contributed by atoms with Crippen molar-refractivity contribution >= 4 is 60.2 Å². The summed E-state index contributed by atoms with van der Waals surface area (Å²) in [4.78, 5) is 2.48. The lowest BCUT2D eigenvalue weighted by atomic mass is 9.76. The molecule has 0 heterocycles. The highest BCUT2D eigenvalue weighted by atomic mass is 15.1. The molecule has 11 rings (SSSR count). The Bertz CT molecular complexity index is 3030. The van der Waals surface area contributed by atoms with Gasteiger partial charge in [-0.05, 0) is 125 Å². The van der Waals surface area contributed by atoms with E-state index in [1.165, 1.54) is 93.3 Å². The summed E-state index contributed by atoms with van der Waals surface area (Å²) in [5, 5.41) is 10.1. The fourth-order valence-corrected chi connectivity index (χ4v) is 8.49. The smallest absolute Gasteiger partial charge is 0.0624 e. The Kier molecular flexibility index (Phi) is 6.62. The van der Waals surface area contributed by atoms with Crippen molar-refractivity contribution in [1.82, 2.24) is 0 Å². The quantitative estimate of drug-likeness (QED) is 0.165. The molecule has 1 aliphatic carbocycles. The molecule has 246 valence electrons. The largest absolute Gasteiger partial charge is 0.309 e. The molecule has 0 aliphatic heterocycles. The predicted octanol–water partition coefficient (Wildman–Crippen LogP) is 14.8. The Morgan fingerprint density at radius 1 is 0.264 bits per heavy atom. The lowest BCUT2D eigenvalue weighted by Gasteiger charge is -2.35. The number of nitrogens with zero attached hydrogens (tertiary/aromatic N) is 1. The monoisotopic (exact) mass is 671 g/mol. The molecule has 10 aromatic rings. The van der Waals surface area contributed by atoms with Crippen molar-refractivity contribution in [3.63, 3.8) is 0 Å². The van der Waals surface area contributed by atoms with E-state index in [2.05, 4.69) is 205 Å². The van der Waals surface area contributed by atoms with E-state index in [0.29, 0.717) is 0 Å². The van der Waals surface area contributed by atoms with E-state index in [1.807, 2.05) is 0 Å². The van der Waals surface area contributed by atoms with Crippen LogP contribution in [-0.2, 0) is 0 Å². The lowest BCUT2D eigenvalue weighted by Crippen LogP contribution is -2.15. The van der Waals surface area contributed by atoms with Gasteiger partial charge in [0.15, 0.2) is 0 Å². The van der Waals surface area contributed by atoms with Crippen LogP contribution in [0.4, 0.5) is 17.1 Å². The summed E-state index contributed by atoms with van der Waals surface area (Å²) in [6, 6.07) is 73.5. The number of rotatable bonds is 5. The number of anilines is 3. The average Bonchev–Trinajstić information content (AvgIpc) is 3.23. The summed E-state index contributed by atoms with van der Waals surface area (Å²) in [6.45, 7) is 0. The van der Waals surface area contributed by atoms with Crippen LogP contribution in [0, 0.1) is 0 Å². The molecule has 1 heteroatoms. The Balaban J connectivity index is 1.09. The maximum absolute atomic E-state index is 2.48. The Labute approximate surface area is 308 Å². The maximum atomic E-state index is 2.48. The fraction of sp³-hybridized carbons (Fsp3) is 0. The highest BCUT2D eigenvalue weighted by Crippen LogP contribution is 2.58. The van der Waals surface area contributed by atoms with Crippen molar-refractivity contribution in [2.45, 2.75) is 0 Å². The fourth-order valence-electron chi connectivity index (χ4n) is 8.49. The molecule has 0 atom stereocenters. The normalized spacial score (nSPS) is 11.8. The van der Waals surface area contributed by atoms with Crippen LogP contribution in [0.15, 0.2) is 200 Å². The lowest BCUT2D eigenvalue weighted by molar-refractivity contribution is 1.29. The predicted molar refractivity (Wildman–Crippen MR) is 226 cm³/mol. The molecule has 0 fully saturated rings. The minimum absolute atomic E-state index is 1.13. The molecule has 0 spiro atoms. The summed E-state index contributed by atoms with van der Waals surface area (Å²) in [6.07, 6.45) is 0. The Morgan fingerprint density at radius 2 is 0.736 bits per heavy atom. The molecule has 1 nitrogen and oxygen atoms in total. The third-order valence-corrected chi connectivity index (χ3v) is 11.1. The van der Waals surface area contributed by atoms with E-state index >= 15 is 0 Å².